The van der Waals surface area contributed by atoms with Crippen LogP contribution in [0.1, 0.15) is 44.6 Å². The minimum atomic E-state index is 0.651. The molecule has 1 N–H and O–H groups in total. The molecule has 1 aliphatic rings. The molecule has 1 fully saturated rings. The number of rotatable bonds is 6. The first-order chi connectivity index (χ1) is 10.4. The Morgan fingerprint density at radius 2 is 1.81 bits per heavy atom. The van der Waals surface area contributed by atoms with E-state index in [1.807, 2.05) is 0 Å². The minimum Gasteiger partial charge on any atom is -0.313 e. The largest absolute Gasteiger partial charge is 0.313 e. The highest BCUT2D eigenvalue weighted by Crippen LogP contribution is 2.30. The first-order valence-electron chi connectivity index (χ1n) is 8.58. The average molecular weight is 281 g/mol. The fourth-order valence-corrected chi connectivity index (χ4v) is 3.80. The molecule has 0 saturated heterocycles. The molecule has 2 aromatic carbocycles. The zero-order valence-corrected chi connectivity index (χ0v) is 13.1. The molecule has 21 heavy (non-hydrogen) atoms. The average Bonchev–Trinajstić information content (AvgIpc) is 3.06. The molecular weight excluding hydrogens is 254 g/mol. The van der Waals surface area contributed by atoms with E-state index in [4.69, 9.17) is 0 Å². The summed E-state index contributed by atoms with van der Waals surface area (Å²) < 4.78 is 0. The third-order valence-corrected chi connectivity index (χ3v) is 4.95. The van der Waals surface area contributed by atoms with E-state index in [0.29, 0.717) is 6.04 Å². The van der Waals surface area contributed by atoms with E-state index in [1.54, 1.807) is 0 Å². The number of fused-ring (bicyclic) bond motifs is 1. The van der Waals surface area contributed by atoms with E-state index >= 15 is 0 Å². The van der Waals surface area contributed by atoms with Crippen molar-refractivity contribution in [2.45, 2.75) is 51.5 Å². The Morgan fingerprint density at radius 1 is 1.05 bits per heavy atom. The van der Waals surface area contributed by atoms with Gasteiger partial charge in [-0.05, 0) is 54.5 Å². The lowest BCUT2D eigenvalue weighted by atomic mass is 9.90. The SMILES string of the molecule is CCCNC(Cc1cccc2ccccc12)C1CCCC1. The molecule has 1 heteroatoms. The summed E-state index contributed by atoms with van der Waals surface area (Å²) in [6.45, 7) is 3.41. The van der Waals surface area contributed by atoms with Gasteiger partial charge in [0, 0.05) is 6.04 Å². The Bertz CT molecular complexity index is 564. The van der Waals surface area contributed by atoms with Crippen LogP contribution in [0.3, 0.4) is 0 Å². The summed E-state index contributed by atoms with van der Waals surface area (Å²) >= 11 is 0. The lowest BCUT2D eigenvalue weighted by Crippen LogP contribution is -2.37. The topological polar surface area (TPSA) is 12.0 Å². The molecule has 1 unspecified atom stereocenters. The summed E-state index contributed by atoms with van der Waals surface area (Å²) in [5.41, 5.74) is 1.51. The summed E-state index contributed by atoms with van der Waals surface area (Å²) in [5, 5.41) is 6.63. The van der Waals surface area contributed by atoms with Gasteiger partial charge in [-0.15, -0.1) is 0 Å². The zero-order chi connectivity index (χ0) is 14.5. The van der Waals surface area contributed by atoms with Crippen LogP contribution in [0.4, 0.5) is 0 Å². The van der Waals surface area contributed by atoms with Crippen LogP contribution in [-0.4, -0.2) is 12.6 Å². The van der Waals surface area contributed by atoms with Crippen molar-refractivity contribution in [2.75, 3.05) is 6.54 Å². The maximum atomic E-state index is 3.82. The second-order valence-electron chi connectivity index (χ2n) is 6.45. The standard InChI is InChI=1S/C20H27N/c1-2-14-21-20(17-9-3-4-10-17)15-18-12-7-11-16-8-5-6-13-19(16)18/h5-8,11-13,17,20-21H,2-4,9-10,14-15H2,1H3. The van der Waals surface area contributed by atoms with Crippen molar-refractivity contribution in [1.29, 1.82) is 0 Å². The van der Waals surface area contributed by atoms with Gasteiger partial charge in [0.25, 0.3) is 0 Å². The maximum absolute atomic E-state index is 3.82. The van der Waals surface area contributed by atoms with Crippen LogP contribution in [0.25, 0.3) is 10.8 Å². The lowest BCUT2D eigenvalue weighted by Gasteiger charge is -2.25. The number of hydrogen-bond acceptors (Lipinski definition) is 1. The van der Waals surface area contributed by atoms with Crippen LogP contribution in [0.5, 0.6) is 0 Å². The Morgan fingerprint density at radius 3 is 2.62 bits per heavy atom. The van der Waals surface area contributed by atoms with Gasteiger partial charge in [0.2, 0.25) is 0 Å². The zero-order valence-electron chi connectivity index (χ0n) is 13.1. The van der Waals surface area contributed by atoms with Gasteiger partial charge >= 0.3 is 0 Å². The summed E-state index contributed by atoms with van der Waals surface area (Å²) in [6.07, 6.45) is 8.05. The molecule has 1 atom stereocenters. The highest BCUT2D eigenvalue weighted by molar-refractivity contribution is 5.85. The van der Waals surface area contributed by atoms with Crippen molar-refractivity contribution in [3.05, 3.63) is 48.0 Å². The molecule has 1 nitrogen and oxygen atoms in total. The molecule has 2 aromatic rings. The minimum absolute atomic E-state index is 0.651. The molecule has 0 radical (unpaired) electrons. The van der Waals surface area contributed by atoms with Crippen molar-refractivity contribution in [3.63, 3.8) is 0 Å². The van der Waals surface area contributed by atoms with Gasteiger partial charge in [0.1, 0.15) is 0 Å². The quantitative estimate of drug-likeness (QED) is 0.790. The number of benzene rings is 2. The summed E-state index contributed by atoms with van der Waals surface area (Å²) in [6, 6.07) is 16.2. The number of nitrogens with one attached hydrogen (secondary N) is 1. The molecule has 0 spiro atoms. The van der Waals surface area contributed by atoms with Gasteiger partial charge in [-0.3, -0.25) is 0 Å². The van der Waals surface area contributed by atoms with Gasteiger partial charge in [-0.25, -0.2) is 0 Å². The van der Waals surface area contributed by atoms with E-state index in [9.17, 15) is 0 Å². The second kappa shape index (κ2) is 7.09. The predicted octanol–water partition coefficient (Wildman–Crippen LogP) is 4.94. The number of hydrogen-bond donors (Lipinski definition) is 1. The molecule has 0 heterocycles. The summed E-state index contributed by atoms with van der Waals surface area (Å²) in [5.74, 6) is 0.871. The highest BCUT2D eigenvalue weighted by Gasteiger charge is 2.24. The predicted molar refractivity (Wildman–Crippen MR) is 91.7 cm³/mol. The van der Waals surface area contributed by atoms with Gasteiger partial charge in [0.15, 0.2) is 0 Å². The van der Waals surface area contributed by atoms with Gasteiger partial charge in [-0.1, -0.05) is 62.2 Å². The Balaban J connectivity index is 1.82. The van der Waals surface area contributed by atoms with Crippen LogP contribution >= 0.6 is 0 Å². The van der Waals surface area contributed by atoms with Gasteiger partial charge < -0.3 is 5.32 Å². The highest BCUT2D eigenvalue weighted by atomic mass is 14.9. The van der Waals surface area contributed by atoms with Crippen LogP contribution in [-0.2, 0) is 6.42 Å². The van der Waals surface area contributed by atoms with E-state index in [0.717, 1.165) is 12.5 Å². The molecule has 0 bridgehead atoms. The lowest BCUT2D eigenvalue weighted by molar-refractivity contribution is 0.357. The van der Waals surface area contributed by atoms with E-state index in [2.05, 4.69) is 54.7 Å². The molecule has 1 saturated carbocycles. The van der Waals surface area contributed by atoms with Crippen molar-refractivity contribution < 1.29 is 0 Å². The van der Waals surface area contributed by atoms with E-state index < -0.39 is 0 Å². The van der Waals surface area contributed by atoms with Crippen LogP contribution < -0.4 is 5.32 Å². The summed E-state index contributed by atoms with van der Waals surface area (Å²) in [7, 11) is 0. The van der Waals surface area contributed by atoms with Crippen molar-refractivity contribution >= 4 is 10.8 Å². The van der Waals surface area contributed by atoms with Crippen molar-refractivity contribution in [1.82, 2.24) is 5.32 Å². The molecule has 3 rings (SSSR count). The maximum Gasteiger partial charge on any atom is 0.0136 e. The van der Waals surface area contributed by atoms with E-state index in [1.165, 1.54) is 54.9 Å². The van der Waals surface area contributed by atoms with E-state index in [-0.39, 0.29) is 0 Å². The Kier molecular flexibility index (Phi) is 4.92. The molecular formula is C20H27N. The summed E-state index contributed by atoms with van der Waals surface area (Å²) in [4.78, 5) is 0. The molecule has 0 amide bonds. The smallest absolute Gasteiger partial charge is 0.0136 e. The third-order valence-electron chi connectivity index (χ3n) is 4.95. The monoisotopic (exact) mass is 281 g/mol. The molecule has 1 aliphatic carbocycles. The van der Waals surface area contributed by atoms with Gasteiger partial charge in [0.05, 0.1) is 0 Å². The van der Waals surface area contributed by atoms with Crippen molar-refractivity contribution in [3.8, 4) is 0 Å². The Labute approximate surface area is 128 Å². The fourth-order valence-electron chi connectivity index (χ4n) is 3.80. The normalized spacial score (nSPS) is 17.4. The van der Waals surface area contributed by atoms with Crippen LogP contribution in [0.15, 0.2) is 42.5 Å². The Hall–Kier alpha value is -1.34. The van der Waals surface area contributed by atoms with Crippen LogP contribution in [0, 0.1) is 5.92 Å². The first kappa shape index (κ1) is 14.6. The third kappa shape index (κ3) is 3.47. The molecule has 0 aromatic heterocycles. The van der Waals surface area contributed by atoms with Crippen LogP contribution in [0.2, 0.25) is 0 Å². The molecule has 0 aliphatic heterocycles. The van der Waals surface area contributed by atoms with Gasteiger partial charge in [-0.2, -0.15) is 0 Å². The second-order valence-corrected chi connectivity index (χ2v) is 6.45. The first-order valence-corrected chi connectivity index (χ1v) is 8.58. The fraction of sp³-hybridized carbons (Fsp3) is 0.500. The van der Waals surface area contributed by atoms with Crippen molar-refractivity contribution in [2.24, 2.45) is 5.92 Å². The molecule has 112 valence electrons.